The van der Waals surface area contributed by atoms with Gasteiger partial charge in [-0.2, -0.15) is 0 Å². The van der Waals surface area contributed by atoms with Crippen molar-refractivity contribution in [3.8, 4) is 11.5 Å². The van der Waals surface area contributed by atoms with E-state index in [4.69, 9.17) is 0 Å². The van der Waals surface area contributed by atoms with Gasteiger partial charge in [0.15, 0.2) is 0 Å². The average molecular weight is 346 g/mol. The Labute approximate surface area is 147 Å². The fourth-order valence-corrected chi connectivity index (χ4v) is 3.81. The fourth-order valence-electron chi connectivity index (χ4n) is 3.81. The lowest BCUT2D eigenvalue weighted by Crippen LogP contribution is -2.48. The summed E-state index contributed by atoms with van der Waals surface area (Å²) in [7, 11) is 0. The first-order chi connectivity index (χ1) is 12.0. The van der Waals surface area contributed by atoms with Crippen LogP contribution >= 0.6 is 0 Å². The first-order valence-corrected chi connectivity index (χ1v) is 9.15. The number of carbonyl (C=O) groups excluding carboxylic acids is 2. The van der Waals surface area contributed by atoms with Crippen LogP contribution < -0.4 is 5.32 Å². The lowest BCUT2D eigenvalue weighted by molar-refractivity contribution is -0.126. The number of aromatic hydroxyl groups is 2. The van der Waals surface area contributed by atoms with Gasteiger partial charge in [-0.15, -0.1) is 0 Å². The Balaban J connectivity index is 1.51. The maximum atomic E-state index is 12.5. The number of likely N-dealkylation sites (tertiary alicyclic amines) is 1. The van der Waals surface area contributed by atoms with Crippen LogP contribution in [0, 0.1) is 5.92 Å². The first-order valence-electron chi connectivity index (χ1n) is 9.15. The van der Waals surface area contributed by atoms with Crippen molar-refractivity contribution in [1.82, 2.24) is 10.2 Å². The smallest absolute Gasteiger partial charge is 0.254 e. The minimum Gasteiger partial charge on any atom is -0.508 e. The number of phenols is 2. The normalized spacial score (nSPS) is 19.6. The zero-order valence-electron chi connectivity index (χ0n) is 14.4. The van der Waals surface area contributed by atoms with E-state index in [0.29, 0.717) is 13.1 Å². The Morgan fingerprint density at radius 3 is 2.12 bits per heavy atom. The van der Waals surface area contributed by atoms with E-state index in [2.05, 4.69) is 5.32 Å². The molecule has 25 heavy (non-hydrogen) atoms. The largest absolute Gasteiger partial charge is 0.508 e. The van der Waals surface area contributed by atoms with E-state index in [0.717, 1.165) is 38.5 Å². The minimum absolute atomic E-state index is 0.121. The third kappa shape index (κ3) is 4.44. The van der Waals surface area contributed by atoms with E-state index < -0.39 is 0 Å². The molecule has 1 aliphatic carbocycles. The van der Waals surface area contributed by atoms with Gasteiger partial charge in [0, 0.05) is 36.7 Å². The van der Waals surface area contributed by atoms with Crippen molar-refractivity contribution in [2.24, 2.45) is 5.92 Å². The SMILES string of the molecule is O=C(NC1CCN(C(=O)c2cc(O)cc(O)c2)CC1)C1CCCCC1. The zero-order chi connectivity index (χ0) is 17.8. The van der Waals surface area contributed by atoms with Crippen LogP contribution in [0.3, 0.4) is 0 Å². The van der Waals surface area contributed by atoms with Gasteiger partial charge in [0.05, 0.1) is 0 Å². The minimum atomic E-state index is -0.205. The first kappa shape index (κ1) is 17.6. The summed E-state index contributed by atoms with van der Waals surface area (Å²) in [6.07, 6.45) is 6.96. The van der Waals surface area contributed by atoms with Crippen molar-refractivity contribution in [1.29, 1.82) is 0 Å². The highest BCUT2D eigenvalue weighted by Gasteiger charge is 2.27. The van der Waals surface area contributed by atoms with Crippen molar-refractivity contribution >= 4 is 11.8 Å². The predicted octanol–water partition coefficient (Wildman–Crippen LogP) is 2.40. The summed E-state index contributed by atoms with van der Waals surface area (Å²) in [6.45, 7) is 1.12. The molecule has 0 bridgehead atoms. The van der Waals surface area contributed by atoms with Gasteiger partial charge in [0.25, 0.3) is 5.91 Å². The van der Waals surface area contributed by atoms with Crippen LogP contribution in [0.15, 0.2) is 18.2 Å². The Hall–Kier alpha value is -2.24. The number of nitrogens with zero attached hydrogens (tertiary/aromatic N) is 1. The average Bonchev–Trinajstić information content (AvgIpc) is 2.61. The Morgan fingerprint density at radius 2 is 1.52 bits per heavy atom. The maximum Gasteiger partial charge on any atom is 0.254 e. The van der Waals surface area contributed by atoms with Gasteiger partial charge in [-0.25, -0.2) is 0 Å². The fraction of sp³-hybridized carbons (Fsp3) is 0.579. The number of benzene rings is 1. The molecule has 0 spiro atoms. The number of phenolic OH excluding ortho intramolecular Hbond substituents is 2. The quantitative estimate of drug-likeness (QED) is 0.784. The van der Waals surface area contributed by atoms with Crippen LogP contribution in [-0.2, 0) is 4.79 Å². The molecule has 2 amide bonds. The number of rotatable bonds is 3. The Morgan fingerprint density at radius 1 is 0.920 bits per heavy atom. The highest BCUT2D eigenvalue weighted by atomic mass is 16.3. The van der Waals surface area contributed by atoms with E-state index in [1.165, 1.54) is 24.6 Å². The second kappa shape index (κ2) is 7.76. The molecule has 6 heteroatoms. The van der Waals surface area contributed by atoms with E-state index in [1.807, 2.05) is 0 Å². The molecule has 0 atom stereocenters. The molecule has 1 aromatic rings. The Bertz CT molecular complexity index is 612. The number of piperidine rings is 1. The third-order valence-electron chi connectivity index (χ3n) is 5.25. The third-order valence-corrected chi connectivity index (χ3v) is 5.25. The van der Waals surface area contributed by atoms with Crippen molar-refractivity contribution in [2.75, 3.05) is 13.1 Å². The molecule has 2 aliphatic rings. The molecule has 0 unspecified atom stereocenters. The Kier molecular flexibility index (Phi) is 5.46. The van der Waals surface area contributed by atoms with E-state index in [-0.39, 0.29) is 40.8 Å². The molecule has 1 saturated heterocycles. The predicted molar refractivity (Wildman–Crippen MR) is 93.4 cm³/mol. The molecule has 2 fully saturated rings. The second-order valence-electron chi connectivity index (χ2n) is 7.15. The summed E-state index contributed by atoms with van der Waals surface area (Å²) in [6, 6.07) is 4.04. The van der Waals surface area contributed by atoms with Crippen molar-refractivity contribution in [3.05, 3.63) is 23.8 Å². The van der Waals surface area contributed by atoms with Gasteiger partial charge in [-0.3, -0.25) is 9.59 Å². The molecule has 1 saturated carbocycles. The molecule has 1 heterocycles. The van der Waals surface area contributed by atoms with Gasteiger partial charge in [-0.05, 0) is 37.8 Å². The lowest BCUT2D eigenvalue weighted by Gasteiger charge is -2.33. The van der Waals surface area contributed by atoms with Crippen LogP contribution in [0.4, 0.5) is 0 Å². The van der Waals surface area contributed by atoms with E-state index in [9.17, 15) is 19.8 Å². The maximum absolute atomic E-state index is 12.5. The lowest BCUT2D eigenvalue weighted by atomic mass is 9.88. The highest BCUT2D eigenvalue weighted by Crippen LogP contribution is 2.25. The van der Waals surface area contributed by atoms with Gasteiger partial charge in [0.2, 0.25) is 5.91 Å². The standard InChI is InChI=1S/C19H26N2O4/c22-16-10-14(11-17(23)12-16)19(25)21-8-6-15(7-9-21)20-18(24)13-4-2-1-3-5-13/h10-13,15,22-23H,1-9H2,(H,20,24). The van der Waals surface area contributed by atoms with E-state index in [1.54, 1.807) is 4.90 Å². The topological polar surface area (TPSA) is 89.9 Å². The molecular formula is C19H26N2O4. The summed E-state index contributed by atoms with van der Waals surface area (Å²) < 4.78 is 0. The summed E-state index contributed by atoms with van der Waals surface area (Å²) in [5, 5.41) is 22.2. The summed E-state index contributed by atoms with van der Waals surface area (Å²) in [4.78, 5) is 26.5. The number of hydrogen-bond donors (Lipinski definition) is 3. The van der Waals surface area contributed by atoms with E-state index >= 15 is 0 Å². The number of hydrogen-bond acceptors (Lipinski definition) is 4. The number of carbonyl (C=O) groups is 2. The van der Waals surface area contributed by atoms with Crippen LogP contribution in [-0.4, -0.2) is 46.1 Å². The van der Waals surface area contributed by atoms with Gasteiger partial charge >= 0.3 is 0 Å². The summed E-state index contributed by atoms with van der Waals surface area (Å²) in [5.41, 5.74) is 0.280. The van der Waals surface area contributed by atoms with Gasteiger partial charge < -0.3 is 20.4 Å². The van der Waals surface area contributed by atoms with Crippen LogP contribution in [0.2, 0.25) is 0 Å². The second-order valence-corrected chi connectivity index (χ2v) is 7.15. The molecular weight excluding hydrogens is 320 g/mol. The molecule has 136 valence electrons. The highest BCUT2D eigenvalue weighted by molar-refractivity contribution is 5.95. The molecule has 6 nitrogen and oxygen atoms in total. The van der Waals surface area contributed by atoms with Crippen LogP contribution in [0.1, 0.15) is 55.3 Å². The summed E-state index contributed by atoms with van der Waals surface area (Å²) in [5.74, 6) is -0.134. The molecule has 0 aromatic heterocycles. The van der Waals surface area contributed by atoms with Gasteiger partial charge in [0.1, 0.15) is 11.5 Å². The van der Waals surface area contributed by atoms with Crippen LogP contribution in [0.5, 0.6) is 11.5 Å². The molecule has 3 N–H and O–H groups in total. The molecule has 1 aliphatic heterocycles. The van der Waals surface area contributed by atoms with Gasteiger partial charge in [-0.1, -0.05) is 19.3 Å². The number of nitrogens with one attached hydrogen (secondary N) is 1. The monoisotopic (exact) mass is 346 g/mol. The summed E-state index contributed by atoms with van der Waals surface area (Å²) >= 11 is 0. The van der Waals surface area contributed by atoms with Crippen LogP contribution in [0.25, 0.3) is 0 Å². The van der Waals surface area contributed by atoms with Crippen molar-refractivity contribution in [2.45, 2.75) is 51.0 Å². The molecule has 3 rings (SSSR count). The molecule has 1 aromatic carbocycles. The van der Waals surface area contributed by atoms with Crippen molar-refractivity contribution < 1.29 is 19.8 Å². The zero-order valence-corrected chi connectivity index (χ0v) is 14.4. The molecule has 0 radical (unpaired) electrons. The number of amides is 2. The van der Waals surface area contributed by atoms with Crippen molar-refractivity contribution in [3.63, 3.8) is 0 Å².